The molecule has 0 aromatic rings. The first kappa shape index (κ1) is 20.6. The van der Waals surface area contributed by atoms with E-state index < -0.39 is 29.1 Å². The molecule has 2 fully saturated rings. The molecule has 4 rings (SSSR count). The highest BCUT2D eigenvalue weighted by Gasteiger charge is 2.66. The third-order valence-corrected chi connectivity index (χ3v) is 10.0. The second-order valence-corrected chi connectivity index (χ2v) is 11.3. The zero-order valence-corrected chi connectivity index (χ0v) is 18.2. The highest BCUT2D eigenvalue weighted by Crippen LogP contribution is 2.71. The molecule has 4 nitrogen and oxygen atoms in total. The molecule has 0 heterocycles. The number of rotatable bonds is 1. The van der Waals surface area contributed by atoms with Crippen molar-refractivity contribution in [3.05, 3.63) is 23.3 Å². The van der Waals surface area contributed by atoms with Crippen LogP contribution >= 0.6 is 0 Å². The van der Waals surface area contributed by atoms with Crippen LogP contribution in [-0.2, 0) is 0 Å². The fraction of sp³-hybridized carbons (Fsp3) is 0.833. The van der Waals surface area contributed by atoms with Crippen LogP contribution in [0.2, 0.25) is 0 Å². The molecule has 0 unspecified atom stereocenters. The molecule has 2 saturated carbocycles. The molecule has 9 atom stereocenters. The Hall–Kier alpha value is -0.680. The van der Waals surface area contributed by atoms with Gasteiger partial charge in [-0.3, -0.25) is 0 Å². The van der Waals surface area contributed by atoms with Crippen molar-refractivity contribution in [1.29, 1.82) is 0 Å². The Balaban J connectivity index is 1.86. The van der Waals surface area contributed by atoms with Crippen molar-refractivity contribution >= 4 is 0 Å². The van der Waals surface area contributed by atoms with E-state index in [-0.39, 0.29) is 28.8 Å². The average molecular weight is 391 g/mol. The third-order valence-electron chi connectivity index (χ3n) is 10.0. The van der Waals surface area contributed by atoms with Crippen LogP contribution in [-0.4, -0.2) is 44.8 Å². The van der Waals surface area contributed by atoms with Crippen molar-refractivity contribution in [2.45, 2.75) is 91.6 Å². The normalized spacial score (nSPS) is 53.4. The van der Waals surface area contributed by atoms with Gasteiger partial charge in [0.2, 0.25) is 0 Å². The number of allylic oxidation sites excluding steroid dienone is 3. The van der Waals surface area contributed by atoms with Crippen LogP contribution < -0.4 is 0 Å². The lowest BCUT2D eigenvalue weighted by atomic mass is 9.43. The average Bonchev–Trinajstić information content (AvgIpc) is 2.90. The lowest BCUT2D eigenvalue weighted by Crippen LogP contribution is -2.66. The van der Waals surface area contributed by atoms with Gasteiger partial charge in [-0.25, -0.2) is 0 Å². The van der Waals surface area contributed by atoms with Crippen molar-refractivity contribution in [1.82, 2.24) is 0 Å². The molecule has 0 radical (unpaired) electrons. The van der Waals surface area contributed by atoms with Gasteiger partial charge in [0, 0.05) is 5.41 Å². The zero-order valence-electron chi connectivity index (χ0n) is 18.2. The smallest absolute Gasteiger partial charge is 0.107 e. The standard InChI is InChI=1S/C24H38O4/c1-13(25)14-9-11-23(5)15-7-8-17-21(2,3)19(27)18(26)20(28)24(17,6)16(15)10-12-22(14,23)4/h7,10,13-14,17-20,25-28H,8-9,11-12H2,1-6H3/t13-,14+,17-,18-,19-,20+,22+,23-,24+/m0/s1. The van der Waals surface area contributed by atoms with E-state index >= 15 is 0 Å². The first-order chi connectivity index (χ1) is 12.8. The van der Waals surface area contributed by atoms with Crippen molar-refractivity contribution in [3.8, 4) is 0 Å². The summed E-state index contributed by atoms with van der Waals surface area (Å²) in [6, 6.07) is 0. The summed E-state index contributed by atoms with van der Waals surface area (Å²) in [7, 11) is 0. The first-order valence-electron chi connectivity index (χ1n) is 11.0. The van der Waals surface area contributed by atoms with Gasteiger partial charge in [0.25, 0.3) is 0 Å². The van der Waals surface area contributed by atoms with Crippen LogP contribution in [0.4, 0.5) is 0 Å². The Kier molecular flexibility index (Phi) is 4.36. The van der Waals surface area contributed by atoms with Gasteiger partial charge in [-0.1, -0.05) is 46.8 Å². The summed E-state index contributed by atoms with van der Waals surface area (Å²) in [5.41, 5.74) is 1.35. The second kappa shape index (κ2) is 5.94. The Labute approximate surface area is 169 Å². The van der Waals surface area contributed by atoms with Crippen LogP contribution in [0, 0.1) is 33.5 Å². The van der Waals surface area contributed by atoms with Gasteiger partial charge in [-0.15, -0.1) is 0 Å². The van der Waals surface area contributed by atoms with Crippen molar-refractivity contribution in [2.24, 2.45) is 33.5 Å². The number of aliphatic hydroxyl groups excluding tert-OH is 4. The molecule has 28 heavy (non-hydrogen) atoms. The van der Waals surface area contributed by atoms with Crippen molar-refractivity contribution in [2.75, 3.05) is 0 Å². The highest BCUT2D eigenvalue weighted by molar-refractivity contribution is 5.51. The molecule has 0 bridgehead atoms. The van der Waals surface area contributed by atoms with Gasteiger partial charge in [0.1, 0.15) is 6.10 Å². The molecular weight excluding hydrogens is 352 g/mol. The predicted octanol–water partition coefficient (Wildman–Crippen LogP) is 3.20. The molecular formula is C24H38O4. The Bertz CT molecular complexity index is 737. The molecule has 0 saturated heterocycles. The van der Waals surface area contributed by atoms with Crippen LogP contribution in [0.5, 0.6) is 0 Å². The van der Waals surface area contributed by atoms with Gasteiger partial charge in [0.05, 0.1) is 18.3 Å². The molecule has 4 heteroatoms. The van der Waals surface area contributed by atoms with Gasteiger partial charge in [-0.2, -0.15) is 0 Å². The molecule has 4 aliphatic rings. The number of hydrogen-bond acceptors (Lipinski definition) is 4. The summed E-state index contributed by atoms with van der Waals surface area (Å²) < 4.78 is 0. The maximum Gasteiger partial charge on any atom is 0.107 e. The summed E-state index contributed by atoms with van der Waals surface area (Å²) in [6.07, 6.45) is 4.94. The SMILES string of the molecule is C[C@H](O)[C@H]1CC[C@@]2(C)C3=CC[C@H]4C(C)(C)[C@@H](O)[C@H](O)[C@@H](O)[C@]4(C)C3=CC[C@]12C. The molecule has 4 aliphatic carbocycles. The number of aliphatic hydroxyl groups is 4. The molecule has 0 aliphatic heterocycles. The van der Waals surface area contributed by atoms with Gasteiger partial charge < -0.3 is 20.4 Å². The number of hydrogen-bond donors (Lipinski definition) is 4. The summed E-state index contributed by atoms with van der Waals surface area (Å²) in [5.74, 6) is 0.326. The molecule has 4 N–H and O–H groups in total. The lowest BCUT2D eigenvalue weighted by molar-refractivity contribution is -0.212. The topological polar surface area (TPSA) is 80.9 Å². The Morgan fingerprint density at radius 1 is 0.964 bits per heavy atom. The van der Waals surface area contributed by atoms with E-state index in [2.05, 4.69) is 32.9 Å². The van der Waals surface area contributed by atoms with E-state index in [9.17, 15) is 20.4 Å². The summed E-state index contributed by atoms with van der Waals surface area (Å²) in [4.78, 5) is 0. The van der Waals surface area contributed by atoms with Gasteiger partial charge >= 0.3 is 0 Å². The highest BCUT2D eigenvalue weighted by atomic mass is 16.4. The predicted molar refractivity (Wildman–Crippen MR) is 109 cm³/mol. The van der Waals surface area contributed by atoms with Crippen LogP contribution in [0.25, 0.3) is 0 Å². The Morgan fingerprint density at radius 2 is 1.61 bits per heavy atom. The maximum absolute atomic E-state index is 11.2. The van der Waals surface area contributed by atoms with E-state index in [1.807, 2.05) is 20.8 Å². The zero-order chi connectivity index (χ0) is 20.9. The van der Waals surface area contributed by atoms with E-state index in [1.165, 1.54) is 11.1 Å². The van der Waals surface area contributed by atoms with Crippen molar-refractivity contribution in [3.63, 3.8) is 0 Å². The summed E-state index contributed by atoms with van der Waals surface area (Å²) >= 11 is 0. The molecule has 0 amide bonds. The minimum atomic E-state index is -1.15. The quantitative estimate of drug-likeness (QED) is 0.554. The first-order valence-corrected chi connectivity index (χ1v) is 11.0. The fourth-order valence-corrected chi connectivity index (χ4v) is 7.90. The minimum absolute atomic E-state index is 0.00698. The van der Waals surface area contributed by atoms with E-state index in [0.29, 0.717) is 0 Å². The van der Waals surface area contributed by atoms with Gasteiger partial charge in [0.15, 0.2) is 0 Å². The molecule has 158 valence electrons. The monoisotopic (exact) mass is 390 g/mol. The Morgan fingerprint density at radius 3 is 2.21 bits per heavy atom. The maximum atomic E-state index is 11.2. The van der Waals surface area contributed by atoms with Crippen LogP contribution in [0.3, 0.4) is 0 Å². The molecule has 0 spiro atoms. The van der Waals surface area contributed by atoms with E-state index in [1.54, 1.807) is 0 Å². The van der Waals surface area contributed by atoms with Crippen molar-refractivity contribution < 1.29 is 20.4 Å². The largest absolute Gasteiger partial charge is 0.393 e. The molecule has 0 aromatic heterocycles. The van der Waals surface area contributed by atoms with Crippen LogP contribution in [0.15, 0.2) is 23.3 Å². The summed E-state index contributed by atoms with van der Waals surface area (Å²) in [6.45, 7) is 12.7. The lowest BCUT2D eigenvalue weighted by Gasteiger charge is -2.63. The fourth-order valence-electron chi connectivity index (χ4n) is 7.90. The summed E-state index contributed by atoms with van der Waals surface area (Å²) in [5, 5.41) is 43.0. The molecule has 0 aromatic carbocycles. The third kappa shape index (κ3) is 2.16. The minimum Gasteiger partial charge on any atom is -0.393 e. The van der Waals surface area contributed by atoms with E-state index in [0.717, 1.165) is 25.7 Å². The van der Waals surface area contributed by atoms with E-state index in [4.69, 9.17) is 0 Å². The van der Waals surface area contributed by atoms with Gasteiger partial charge in [-0.05, 0) is 71.8 Å². The van der Waals surface area contributed by atoms with Crippen LogP contribution in [0.1, 0.15) is 67.2 Å². The second-order valence-electron chi connectivity index (χ2n) is 11.3. The number of fused-ring (bicyclic) bond motifs is 5.